The number of phenols is 1. The van der Waals surface area contributed by atoms with Crippen molar-refractivity contribution in [2.24, 2.45) is 0 Å². The number of aromatic hydroxyl groups is 1. The van der Waals surface area contributed by atoms with Crippen molar-refractivity contribution in [3.8, 4) is 5.75 Å². The fraction of sp³-hybridized carbons (Fsp3) is 0.550. The van der Waals surface area contributed by atoms with Crippen LogP contribution in [0, 0.1) is 0 Å². The lowest BCUT2D eigenvalue weighted by molar-refractivity contribution is 0.265. The highest BCUT2D eigenvalue weighted by Gasteiger charge is 2.27. The predicted molar refractivity (Wildman–Crippen MR) is 111 cm³/mol. The summed E-state index contributed by atoms with van der Waals surface area (Å²) >= 11 is 0. The van der Waals surface area contributed by atoms with Crippen LogP contribution in [0.1, 0.15) is 32.3 Å². The molecule has 1 unspecified atom stereocenters. The van der Waals surface area contributed by atoms with E-state index in [1.807, 2.05) is 12.1 Å². The lowest BCUT2D eigenvalue weighted by Gasteiger charge is -2.25. The van der Waals surface area contributed by atoms with Gasteiger partial charge in [0.05, 0.1) is 12.6 Å². The maximum Gasteiger partial charge on any atom is 0.232 e. The SMILES string of the molecule is CCN(CC)c1nc(NCCc2ccc(O)cc2)nc(N2CCCC2CO)n1. The third-order valence-electron chi connectivity index (χ3n) is 5.14. The Hall–Kier alpha value is -2.61. The summed E-state index contributed by atoms with van der Waals surface area (Å²) in [6.07, 6.45) is 2.78. The molecule has 1 aliphatic heterocycles. The standard InChI is InChI=1S/C20H30N6O2/c1-3-25(4-2)19-22-18(21-12-11-15-7-9-17(28)10-8-15)23-20(24-19)26-13-5-6-16(26)14-27/h7-10,16,27-28H,3-6,11-14H2,1-2H3,(H,21,22,23,24). The molecule has 0 aliphatic carbocycles. The summed E-state index contributed by atoms with van der Waals surface area (Å²) in [5.41, 5.74) is 1.13. The predicted octanol–water partition coefficient (Wildman–Crippen LogP) is 2.04. The first-order chi connectivity index (χ1) is 13.6. The summed E-state index contributed by atoms with van der Waals surface area (Å²) in [5.74, 6) is 2.10. The molecule has 0 saturated carbocycles. The van der Waals surface area contributed by atoms with Gasteiger partial charge in [-0.15, -0.1) is 0 Å². The van der Waals surface area contributed by atoms with Gasteiger partial charge >= 0.3 is 0 Å². The number of hydrogen-bond donors (Lipinski definition) is 3. The Bertz CT molecular complexity index is 751. The van der Waals surface area contributed by atoms with Gasteiger partial charge < -0.3 is 25.3 Å². The molecule has 0 spiro atoms. The highest BCUT2D eigenvalue weighted by Crippen LogP contribution is 2.24. The van der Waals surface area contributed by atoms with Crippen LogP contribution in [0.15, 0.2) is 24.3 Å². The zero-order valence-electron chi connectivity index (χ0n) is 16.7. The quantitative estimate of drug-likeness (QED) is 0.602. The minimum Gasteiger partial charge on any atom is -0.508 e. The second-order valence-electron chi connectivity index (χ2n) is 6.95. The molecule has 1 saturated heterocycles. The minimum absolute atomic E-state index is 0.0665. The number of aliphatic hydroxyl groups is 1. The van der Waals surface area contributed by atoms with Crippen LogP contribution in [0.2, 0.25) is 0 Å². The second kappa shape index (κ2) is 9.54. The molecule has 8 heteroatoms. The highest BCUT2D eigenvalue weighted by molar-refractivity contribution is 5.46. The molecule has 1 aromatic heterocycles. The third kappa shape index (κ3) is 4.81. The van der Waals surface area contributed by atoms with E-state index in [1.165, 1.54) is 0 Å². The van der Waals surface area contributed by atoms with Crippen LogP contribution in [0.25, 0.3) is 0 Å². The van der Waals surface area contributed by atoms with Gasteiger partial charge in [-0.05, 0) is 50.8 Å². The molecule has 8 nitrogen and oxygen atoms in total. The molecule has 1 atom stereocenters. The minimum atomic E-state index is 0.0665. The van der Waals surface area contributed by atoms with Gasteiger partial charge in [0.15, 0.2) is 0 Å². The molecule has 152 valence electrons. The van der Waals surface area contributed by atoms with Crippen molar-refractivity contribution in [1.82, 2.24) is 15.0 Å². The molecule has 0 amide bonds. The van der Waals surface area contributed by atoms with Crippen LogP contribution in [-0.4, -0.2) is 64.0 Å². The summed E-state index contributed by atoms with van der Waals surface area (Å²) in [4.78, 5) is 18.1. The molecule has 1 aromatic carbocycles. The summed E-state index contributed by atoms with van der Waals surface area (Å²) < 4.78 is 0. The summed E-state index contributed by atoms with van der Waals surface area (Å²) in [7, 11) is 0. The number of aliphatic hydroxyl groups excluding tert-OH is 1. The van der Waals surface area contributed by atoms with Crippen LogP contribution < -0.4 is 15.1 Å². The van der Waals surface area contributed by atoms with Crippen molar-refractivity contribution >= 4 is 17.8 Å². The summed E-state index contributed by atoms with van der Waals surface area (Å²) in [5, 5.41) is 22.4. The molecule has 0 bridgehead atoms. The van der Waals surface area contributed by atoms with Gasteiger partial charge in [0, 0.05) is 26.2 Å². The highest BCUT2D eigenvalue weighted by atomic mass is 16.3. The number of hydrogen-bond acceptors (Lipinski definition) is 8. The topological polar surface area (TPSA) is 97.6 Å². The number of benzene rings is 1. The molecular weight excluding hydrogens is 356 g/mol. The van der Waals surface area contributed by atoms with Gasteiger partial charge in [0.25, 0.3) is 0 Å². The Morgan fingerprint density at radius 2 is 1.89 bits per heavy atom. The van der Waals surface area contributed by atoms with E-state index < -0.39 is 0 Å². The maximum absolute atomic E-state index is 9.67. The Morgan fingerprint density at radius 3 is 2.57 bits per heavy atom. The normalized spacial score (nSPS) is 16.4. The molecule has 1 fully saturated rings. The maximum atomic E-state index is 9.67. The number of anilines is 3. The molecule has 2 aromatic rings. The van der Waals surface area contributed by atoms with Gasteiger partial charge in [-0.2, -0.15) is 15.0 Å². The van der Waals surface area contributed by atoms with Crippen molar-refractivity contribution in [2.75, 3.05) is 47.9 Å². The molecule has 3 N–H and O–H groups in total. The van der Waals surface area contributed by atoms with E-state index in [0.717, 1.165) is 44.5 Å². The molecule has 28 heavy (non-hydrogen) atoms. The average Bonchev–Trinajstić information content (AvgIpc) is 3.19. The van der Waals surface area contributed by atoms with Crippen LogP contribution >= 0.6 is 0 Å². The number of nitrogens with one attached hydrogen (secondary N) is 1. The van der Waals surface area contributed by atoms with E-state index in [4.69, 9.17) is 0 Å². The fourth-order valence-corrected chi connectivity index (χ4v) is 3.48. The van der Waals surface area contributed by atoms with E-state index in [2.05, 4.69) is 43.9 Å². The van der Waals surface area contributed by atoms with Gasteiger partial charge in [0.1, 0.15) is 5.75 Å². The molecular formula is C20H30N6O2. The zero-order valence-corrected chi connectivity index (χ0v) is 16.7. The average molecular weight is 387 g/mol. The zero-order chi connectivity index (χ0) is 19.9. The van der Waals surface area contributed by atoms with Gasteiger partial charge in [-0.25, -0.2) is 0 Å². The van der Waals surface area contributed by atoms with Crippen molar-refractivity contribution < 1.29 is 10.2 Å². The van der Waals surface area contributed by atoms with E-state index in [0.29, 0.717) is 24.4 Å². The first kappa shape index (κ1) is 20.1. The first-order valence-electron chi connectivity index (χ1n) is 10.0. The largest absolute Gasteiger partial charge is 0.508 e. The van der Waals surface area contributed by atoms with E-state index in [-0.39, 0.29) is 18.4 Å². The summed E-state index contributed by atoms with van der Waals surface area (Å²) in [6, 6.07) is 7.27. The van der Waals surface area contributed by atoms with Gasteiger partial charge in [-0.3, -0.25) is 0 Å². The lowest BCUT2D eigenvalue weighted by atomic mass is 10.1. The summed E-state index contributed by atoms with van der Waals surface area (Å²) in [6.45, 7) is 7.42. The molecule has 0 radical (unpaired) electrons. The smallest absolute Gasteiger partial charge is 0.232 e. The fourth-order valence-electron chi connectivity index (χ4n) is 3.48. The van der Waals surface area contributed by atoms with Crippen molar-refractivity contribution in [2.45, 2.75) is 39.2 Å². The first-order valence-corrected chi connectivity index (χ1v) is 10.0. The number of phenolic OH excluding ortho intramolecular Hbond substituents is 1. The number of aromatic nitrogens is 3. The van der Waals surface area contributed by atoms with E-state index in [9.17, 15) is 10.2 Å². The molecule has 2 heterocycles. The third-order valence-corrected chi connectivity index (χ3v) is 5.14. The van der Waals surface area contributed by atoms with Crippen molar-refractivity contribution in [3.63, 3.8) is 0 Å². The van der Waals surface area contributed by atoms with E-state index >= 15 is 0 Å². The molecule has 3 rings (SSSR count). The lowest BCUT2D eigenvalue weighted by Crippen LogP contribution is -2.35. The van der Waals surface area contributed by atoms with Gasteiger partial charge in [0.2, 0.25) is 17.8 Å². The number of nitrogens with zero attached hydrogens (tertiary/aromatic N) is 5. The molecule has 1 aliphatic rings. The van der Waals surface area contributed by atoms with Crippen molar-refractivity contribution in [3.05, 3.63) is 29.8 Å². The van der Waals surface area contributed by atoms with Crippen LogP contribution in [-0.2, 0) is 6.42 Å². The Morgan fingerprint density at radius 1 is 1.14 bits per heavy atom. The Kier molecular flexibility index (Phi) is 6.86. The Labute approximate surface area is 166 Å². The van der Waals surface area contributed by atoms with Crippen LogP contribution in [0.5, 0.6) is 5.75 Å². The van der Waals surface area contributed by atoms with E-state index in [1.54, 1.807) is 12.1 Å². The monoisotopic (exact) mass is 386 g/mol. The van der Waals surface area contributed by atoms with Gasteiger partial charge in [-0.1, -0.05) is 12.1 Å². The van der Waals surface area contributed by atoms with Crippen LogP contribution in [0.3, 0.4) is 0 Å². The second-order valence-corrected chi connectivity index (χ2v) is 6.95. The number of rotatable bonds is 9. The van der Waals surface area contributed by atoms with Crippen molar-refractivity contribution in [1.29, 1.82) is 0 Å². The Balaban J connectivity index is 1.77. The van der Waals surface area contributed by atoms with Crippen LogP contribution in [0.4, 0.5) is 17.8 Å².